The number of benzene rings is 1. The van der Waals surface area contributed by atoms with Crippen molar-refractivity contribution < 1.29 is 9.84 Å². The molecule has 21 heavy (non-hydrogen) atoms. The number of hydrogen-bond acceptors (Lipinski definition) is 4. The lowest BCUT2D eigenvalue weighted by Gasteiger charge is -2.09. The zero-order valence-electron chi connectivity index (χ0n) is 11.5. The molecule has 2 aromatic rings. The second-order valence-corrected chi connectivity index (χ2v) is 4.54. The maximum Gasteiger partial charge on any atom is 0.293 e. The van der Waals surface area contributed by atoms with Gasteiger partial charge in [0.1, 0.15) is 0 Å². The van der Waals surface area contributed by atoms with Crippen LogP contribution in [0.5, 0.6) is 5.75 Å². The molecule has 1 heterocycles. The average molecular weight is 284 g/mol. The van der Waals surface area contributed by atoms with Crippen molar-refractivity contribution in [1.29, 1.82) is 5.26 Å². The van der Waals surface area contributed by atoms with Crippen molar-refractivity contribution in [3.05, 3.63) is 64.1 Å². The van der Waals surface area contributed by atoms with Crippen LogP contribution in [0.25, 0.3) is 0 Å². The third-order valence-electron chi connectivity index (χ3n) is 2.98. The maximum absolute atomic E-state index is 12.2. The minimum atomic E-state index is -0.209. The van der Waals surface area contributed by atoms with Crippen molar-refractivity contribution in [3.8, 4) is 11.8 Å². The Balaban J connectivity index is 2.14. The molecule has 0 saturated carbocycles. The van der Waals surface area contributed by atoms with E-state index < -0.39 is 0 Å². The Morgan fingerprint density at radius 3 is 2.67 bits per heavy atom. The van der Waals surface area contributed by atoms with Crippen molar-refractivity contribution in [2.75, 3.05) is 13.2 Å². The molecule has 0 radical (unpaired) electrons. The van der Waals surface area contributed by atoms with E-state index >= 15 is 0 Å². The van der Waals surface area contributed by atoms with Crippen LogP contribution in [-0.4, -0.2) is 22.9 Å². The van der Waals surface area contributed by atoms with Crippen LogP contribution in [0.15, 0.2) is 47.4 Å². The molecule has 1 aromatic carbocycles. The van der Waals surface area contributed by atoms with Crippen molar-refractivity contribution >= 4 is 0 Å². The second-order valence-electron chi connectivity index (χ2n) is 4.54. The fourth-order valence-corrected chi connectivity index (χ4v) is 1.88. The molecule has 108 valence electrons. The van der Waals surface area contributed by atoms with E-state index in [1.807, 2.05) is 12.1 Å². The molecule has 0 unspecified atom stereocenters. The Bertz CT molecular complexity index is 684. The van der Waals surface area contributed by atoms with Gasteiger partial charge >= 0.3 is 0 Å². The molecule has 5 nitrogen and oxygen atoms in total. The summed E-state index contributed by atoms with van der Waals surface area (Å²) in [4.78, 5) is 12.2. The Morgan fingerprint density at radius 2 is 2.00 bits per heavy atom. The minimum Gasteiger partial charge on any atom is -0.488 e. The molecule has 0 aliphatic rings. The van der Waals surface area contributed by atoms with Gasteiger partial charge in [0.2, 0.25) is 0 Å². The lowest BCUT2D eigenvalue weighted by Crippen LogP contribution is -2.22. The largest absolute Gasteiger partial charge is 0.488 e. The molecule has 0 aliphatic heterocycles. The number of pyridine rings is 1. The van der Waals surface area contributed by atoms with E-state index in [1.165, 1.54) is 0 Å². The Morgan fingerprint density at radius 1 is 1.24 bits per heavy atom. The SMILES string of the molecule is N#Cc1ccc(Cn2cccc(OCCCO)c2=O)cc1. The summed E-state index contributed by atoms with van der Waals surface area (Å²) in [5, 5.41) is 17.5. The molecule has 1 aromatic heterocycles. The summed E-state index contributed by atoms with van der Waals surface area (Å²) < 4.78 is 6.91. The summed E-state index contributed by atoms with van der Waals surface area (Å²) in [6.07, 6.45) is 2.18. The first kappa shape index (κ1) is 14.8. The normalized spacial score (nSPS) is 10.1. The third-order valence-corrected chi connectivity index (χ3v) is 2.98. The first-order valence-corrected chi connectivity index (χ1v) is 6.67. The molecule has 2 rings (SSSR count). The Labute approximate surface area is 122 Å². The van der Waals surface area contributed by atoms with Gasteiger partial charge in [-0.05, 0) is 29.8 Å². The van der Waals surface area contributed by atoms with Crippen LogP contribution in [0.3, 0.4) is 0 Å². The molecular weight excluding hydrogens is 268 g/mol. The highest BCUT2D eigenvalue weighted by Crippen LogP contribution is 2.07. The van der Waals surface area contributed by atoms with Gasteiger partial charge in [-0.15, -0.1) is 0 Å². The fraction of sp³-hybridized carbons (Fsp3) is 0.250. The topological polar surface area (TPSA) is 75.2 Å². The number of aliphatic hydroxyl groups excluding tert-OH is 1. The zero-order valence-corrected chi connectivity index (χ0v) is 11.5. The van der Waals surface area contributed by atoms with Gasteiger partial charge in [-0.25, -0.2) is 0 Å². The molecule has 0 aliphatic carbocycles. The highest BCUT2D eigenvalue weighted by atomic mass is 16.5. The van der Waals surface area contributed by atoms with Gasteiger partial charge in [0, 0.05) is 19.2 Å². The lowest BCUT2D eigenvalue weighted by molar-refractivity contribution is 0.231. The summed E-state index contributed by atoms with van der Waals surface area (Å²) in [6.45, 7) is 0.765. The molecule has 0 atom stereocenters. The fourth-order valence-electron chi connectivity index (χ4n) is 1.88. The second kappa shape index (κ2) is 7.27. The number of nitriles is 1. The summed E-state index contributed by atoms with van der Waals surface area (Å²) >= 11 is 0. The van der Waals surface area contributed by atoms with Crippen LogP contribution in [0.2, 0.25) is 0 Å². The summed E-state index contributed by atoms with van der Waals surface area (Å²) in [7, 11) is 0. The van der Waals surface area contributed by atoms with E-state index in [0.717, 1.165) is 5.56 Å². The van der Waals surface area contributed by atoms with E-state index in [4.69, 9.17) is 15.1 Å². The first-order chi connectivity index (χ1) is 10.2. The van der Waals surface area contributed by atoms with E-state index in [9.17, 15) is 4.79 Å². The predicted octanol–water partition coefficient (Wildman–Crippen LogP) is 1.53. The third kappa shape index (κ3) is 3.94. The highest BCUT2D eigenvalue weighted by molar-refractivity contribution is 5.32. The number of hydrogen-bond donors (Lipinski definition) is 1. The van der Waals surface area contributed by atoms with Crippen LogP contribution < -0.4 is 10.3 Å². The van der Waals surface area contributed by atoms with Crippen LogP contribution in [-0.2, 0) is 6.54 Å². The average Bonchev–Trinajstić information content (AvgIpc) is 2.52. The van der Waals surface area contributed by atoms with Crippen LogP contribution in [0.1, 0.15) is 17.5 Å². The number of aromatic nitrogens is 1. The number of rotatable bonds is 6. The van der Waals surface area contributed by atoms with E-state index in [2.05, 4.69) is 6.07 Å². The van der Waals surface area contributed by atoms with Crippen molar-refractivity contribution in [1.82, 2.24) is 4.57 Å². The van der Waals surface area contributed by atoms with Gasteiger partial charge in [0.05, 0.1) is 24.8 Å². The van der Waals surface area contributed by atoms with Crippen LogP contribution >= 0.6 is 0 Å². The zero-order chi connectivity index (χ0) is 15.1. The Kier molecular flexibility index (Phi) is 5.13. The number of ether oxygens (including phenoxy) is 1. The van der Waals surface area contributed by atoms with Crippen LogP contribution in [0.4, 0.5) is 0 Å². The predicted molar refractivity (Wildman–Crippen MR) is 78.2 cm³/mol. The van der Waals surface area contributed by atoms with Crippen molar-refractivity contribution in [3.63, 3.8) is 0 Å². The van der Waals surface area contributed by atoms with Crippen LogP contribution in [0, 0.1) is 11.3 Å². The summed E-state index contributed by atoms with van der Waals surface area (Å²) in [5.41, 5.74) is 1.32. The van der Waals surface area contributed by atoms with E-state index in [-0.39, 0.29) is 17.9 Å². The van der Waals surface area contributed by atoms with Crippen molar-refractivity contribution in [2.45, 2.75) is 13.0 Å². The van der Waals surface area contributed by atoms with Gasteiger partial charge in [-0.3, -0.25) is 4.79 Å². The van der Waals surface area contributed by atoms with Crippen molar-refractivity contribution in [2.24, 2.45) is 0 Å². The molecule has 0 saturated heterocycles. The molecule has 0 spiro atoms. The smallest absolute Gasteiger partial charge is 0.293 e. The summed E-state index contributed by atoms with van der Waals surface area (Å²) in [5.74, 6) is 0.277. The monoisotopic (exact) mass is 284 g/mol. The molecule has 0 bridgehead atoms. The number of nitrogens with zero attached hydrogens (tertiary/aromatic N) is 2. The lowest BCUT2D eigenvalue weighted by atomic mass is 10.1. The molecule has 5 heteroatoms. The molecule has 0 fully saturated rings. The minimum absolute atomic E-state index is 0.0340. The molecule has 0 amide bonds. The quantitative estimate of drug-likeness (QED) is 0.816. The summed E-state index contributed by atoms with van der Waals surface area (Å²) in [6, 6.07) is 12.5. The van der Waals surface area contributed by atoms with Gasteiger partial charge < -0.3 is 14.4 Å². The van der Waals surface area contributed by atoms with Gasteiger partial charge in [0.25, 0.3) is 5.56 Å². The highest BCUT2D eigenvalue weighted by Gasteiger charge is 2.05. The standard InChI is InChI=1S/C16H16N2O3/c17-11-13-4-6-14(7-5-13)12-18-8-1-3-15(16(18)20)21-10-2-9-19/h1,3-8,19H,2,9-10,12H2. The Hall–Kier alpha value is -2.58. The number of aliphatic hydroxyl groups is 1. The first-order valence-electron chi connectivity index (χ1n) is 6.67. The maximum atomic E-state index is 12.2. The van der Waals surface area contributed by atoms with E-state index in [0.29, 0.717) is 25.1 Å². The molecular formula is C16H16N2O3. The van der Waals surface area contributed by atoms with Gasteiger partial charge in [-0.1, -0.05) is 12.1 Å². The molecule has 1 N–H and O–H groups in total. The van der Waals surface area contributed by atoms with Gasteiger partial charge in [0.15, 0.2) is 5.75 Å². The van der Waals surface area contributed by atoms with E-state index in [1.54, 1.807) is 35.0 Å². The van der Waals surface area contributed by atoms with Gasteiger partial charge in [-0.2, -0.15) is 5.26 Å².